The molecule has 0 aliphatic heterocycles. The number of hydrogen-bond donors (Lipinski definition) is 1. The number of aryl methyl sites for hydroxylation is 2. The van der Waals surface area contributed by atoms with Gasteiger partial charge in [0.25, 0.3) is 5.91 Å². The molecule has 0 saturated carbocycles. The number of imidazole rings is 1. The van der Waals surface area contributed by atoms with Crippen molar-refractivity contribution in [3.63, 3.8) is 0 Å². The van der Waals surface area contributed by atoms with Crippen LogP contribution in [0.15, 0.2) is 91.5 Å². The van der Waals surface area contributed by atoms with Crippen molar-refractivity contribution in [2.24, 2.45) is 0 Å². The summed E-state index contributed by atoms with van der Waals surface area (Å²) >= 11 is 0. The molecule has 8 nitrogen and oxygen atoms in total. The van der Waals surface area contributed by atoms with E-state index in [2.05, 4.69) is 10.3 Å². The Morgan fingerprint density at radius 2 is 1.65 bits per heavy atom. The number of esters is 1. The summed E-state index contributed by atoms with van der Waals surface area (Å²) in [5, 5.41) is 2.99. The number of rotatable bonds is 11. The largest absolute Gasteiger partial charge is 0.466 e. The fraction of sp³-hybridized carbons (Fsp3) is 0.219. The van der Waals surface area contributed by atoms with Crippen LogP contribution in [-0.4, -0.2) is 44.5 Å². The van der Waals surface area contributed by atoms with Crippen LogP contribution in [0.4, 0.5) is 0 Å². The topological polar surface area (TPSA) is 99.0 Å². The van der Waals surface area contributed by atoms with E-state index >= 15 is 0 Å². The Balaban J connectivity index is 1.38. The highest BCUT2D eigenvalue weighted by molar-refractivity contribution is 5.98. The van der Waals surface area contributed by atoms with Crippen molar-refractivity contribution in [1.82, 2.24) is 24.8 Å². The Bertz CT molecular complexity index is 1580. The van der Waals surface area contributed by atoms with E-state index in [0.29, 0.717) is 42.6 Å². The van der Waals surface area contributed by atoms with Gasteiger partial charge in [-0.25, -0.2) is 15.0 Å². The SMILES string of the molecule is CCOC(=O)CCc1ccc(-c2nc3ccc(C(=O)NCCCn4ccnc4)cc3nc2-c2ccccc2)cc1. The van der Waals surface area contributed by atoms with Crippen molar-refractivity contribution in [2.45, 2.75) is 32.7 Å². The van der Waals surface area contributed by atoms with E-state index in [1.54, 1.807) is 24.7 Å². The fourth-order valence-corrected chi connectivity index (χ4v) is 4.49. The normalized spacial score (nSPS) is 10.9. The van der Waals surface area contributed by atoms with Gasteiger partial charge in [0.1, 0.15) is 0 Å². The Morgan fingerprint density at radius 1 is 0.900 bits per heavy atom. The molecule has 3 aromatic carbocycles. The molecule has 5 rings (SSSR count). The van der Waals surface area contributed by atoms with Crippen molar-refractivity contribution in [3.8, 4) is 22.5 Å². The number of nitrogens with one attached hydrogen (secondary N) is 1. The third-order valence-corrected chi connectivity index (χ3v) is 6.56. The summed E-state index contributed by atoms with van der Waals surface area (Å²) in [4.78, 5) is 38.6. The van der Waals surface area contributed by atoms with Gasteiger partial charge in [-0.1, -0.05) is 54.6 Å². The van der Waals surface area contributed by atoms with E-state index in [9.17, 15) is 9.59 Å². The zero-order valence-electron chi connectivity index (χ0n) is 22.4. The molecule has 1 N–H and O–H groups in total. The number of ether oxygens (including phenoxy) is 1. The van der Waals surface area contributed by atoms with Crippen LogP contribution in [0, 0.1) is 0 Å². The Labute approximate surface area is 233 Å². The van der Waals surface area contributed by atoms with Gasteiger partial charge in [0.05, 0.1) is 35.4 Å². The predicted octanol–water partition coefficient (Wildman–Crippen LogP) is 5.48. The molecule has 8 heteroatoms. The lowest BCUT2D eigenvalue weighted by atomic mass is 10.0. The van der Waals surface area contributed by atoms with Crippen LogP contribution >= 0.6 is 0 Å². The van der Waals surface area contributed by atoms with E-state index in [0.717, 1.165) is 41.0 Å². The summed E-state index contributed by atoms with van der Waals surface area (Å²) in [6, 6.07) is 23.4. The first-order valence-corrected chi connectivity index (χ1v) is 13.5. The zero-order chi connectivity index (χ0) is 27.7. The highest BCUT2D eigenvalue weighted by atomic mass is 16.5. The number of carbonyl (C=O) groups is 2. The summed E-state index contributed by atoms with van der Waals surface area (Å²) in [5.41, 5.74) is 6.31. The third-order valence-electron chi connectivity index (χ3n) is 6.56. The van der Waals surface area contributed by atoms with E-state index in [-0.39, 0.29) is 11.9 Å². The summed E-state index contributed by atoms with van der Waals surface area (Å²) in [6.07, 6.45) is 7.18. The highest BCUT2D eigenvalue weighted by Crippen LogP contribution is 2.31. The molecule has 202 valence electrons. The number of aromatic nitrogens is 4. The lowest BCUT2D eigenvalue weighted by Crippen LogP contribution is -2.25. The predicted molar refractivity (Wildman–Crippen MR) is 155 cm³/mol. The molecule has 2 heterocycles. The quantitative estimate of drug-likeness (QED) is 0.178. The van der Waals surface area contributed by atoms with E-state index in [1.165, 1.54) is 0 Å². The lowest BCUT2D eigenvalue weighted by molar-refractivity contribution is -0.143. The van der Waals surface area contributed by atoms with Crippen LogP contribution < -0.4 is 5.32 Å². The van der Waals surface area contributed by atoms with Gasteiger partial charge in [0, 0.05) is 48.6 Å². The Morgan fingerprint density at radius 3 is 2.38 bits per heavy atom. The third kappa shape index (κ3) is 6.58. The van der Waals surface area contributed by atoms with Crippen molar-refractivity contribution >= 4 is 22.9 Å². The minimum Gasteiger partial charge on any atom is -0.466 e. The maximum atomic E-state index is 12.8. The average molecular weight is 534 g/mol. The summed E-state index contributed by atoms with van der Waals surface area (Å²) in [6.45, 7) is 3.55. The molecule has 0 fully saturated rings. The first-order chi connectivity index (χ1) is 19.6. The first kappa shape index (κ1) is 26.7. The molecule has 0 saturated heterocycles. The lowest BCUT2D eigenvalue weighted by Gasteiger charge is -2.12. The van der Waals surface area contributed by atoms with Gasteiger partial charge in [0.2, 0.25) is 0 Å². The molecule has 2 aromatic heterocycles. The van der Waals surface area contributed by atoms with Crippen LogP contribution in [0.1, 0.15) is 35.7 Å². The molecule has 0 atom stereocenters. The van der Waals surface area contributed by atoms with Crippen molar-refractivity contribution in [2.75, 3.05) is 13.2 Å². The molecule has 1 amide bonds. The number of benzene rings is 3. The smallest absolute Gasteiger partial charge is 0.306 e. The van der Waals surface area contributed by atoms with Crippen molar-refractivity contribution in [1.29, 1.82) is 0 Å². The molecule has 0 aliphatic carbocycles. The first-order valence-electron chi connectivity index (χ1n) is 13.5. The second-order valence-corrected chi connectivity index (χ2v) is 9.40. The molecular weight excluding hydrogens is 502 g/mol. The second kappa shape index (κ2) is 12.8. The zero-order valence-corrected chi connectivity index (χ0v) is 22.4. The average Bonchev–Trinajstić information content (AvgIpc) is 3.52. The van der Waals surface area contributed by atoms with E-state index in [1.807, 2.05) is 78.4 Å². The van der Waals surface area contributed by atoms with Crippen LogP contribution in [0.5, 0.6) is 0 Å². The van der Waals surface area contributed by atoms with Gasteiger partial charge >= 0.3 is 5.97 Å². The Hall–Kier alpha value is -4.85. The standard InChI is InChI=1S/C32H31N5O3/c1-2-40-29(38)16-11-23-9-12-25(13-10-23)31-30(24-7-4-3-5-8-24)36-28-21-26(14-15-27(28)35-31)32(39)34-17-6-19-37-20-18-33-22-37/h3-5,7-10,12-15,18,20-22H,2,6,11,16-17,19H2,1H3,(H,34,39). The van der Waals surface area contributed by atoms with Crippen LogP contribution in [0.3, 0.4) is 0 Å². The number of nitrogens with zero attached hydrogens (tertiary/aromatic N) is 4. The van der Waals surface area contributed by atoms with Gasteiger partial charge < -0.3 is 14.6 Å². The maximum absolute atomic E-state index is 12.8. The van der Waals surface area contributed by atoms with Crippen LogP contribution in [0.25, 0.3) is 33.5 Å². The van der Waals surface area contributed by atoms with Crippen LogP contribution in [0.2, 0.25) is 0 Å². The number of fused-ring (bicyclic) bond motifs is 1. The number of hydrogen-bond acceptors (Lipinski definition) is 6. The van der Waals surface area contributed by atoms with E-state index in [4.69, 9.17) is 14.7 Å². The molecule has 0 aliphatic rings. The molecule has 0 bridgehead atoms. The second-order valence-electron chi connectivity index (χ2n) is 9.40. The van der Waals surface area contributed by atoms with Gasteiger partial charge in [-0.3, -0.25) is 9.59 Å². The minimum absolute atomic E-state index is 0.141. The Kier molecular flexibility index (Phi) is 8.56. The van der Waals surface area contributed by atoms with E-state index < -0.39 is 0 Å². The van der Waals surface area contributed by atoms with Gasteiger partial charge in [-0.05, 0) is 43.5 Å². The summed E-state index contributed by atoms with van der Waals surface area (Å²) in [7, 11) is 0. The molecular formula is C32H31N5O3. The highest BCUT2D eigenvalue weighted by Gasteiger charge is 2.15. The molecule has 40 heavy (non-hydrogen) atoms. The van der Waals surface area contributed by atoms with Gasteiger partial charge in [0.15, 0.2) is 0 Å². The van der Waals surface area contributed by atoms with Gasteiger partial charge in [-0.2, -0.15) is 0 Å². The maximum Gasteiger partial charge on any atom is 0.306 e. The van der Waals surface area contributed by atoms with Crippen LogP contribution in [-0.2, 0) is 22.5 Å². The van der Waals surface area contributed by atoms with Crippen molar-refractivity contribution < 1.29 is 14.3 Å². The minimum atomic E-state index is -0.194. The fourth-order valence-electron chi connectivity index (χ4n) is 4.49. The molecule has 0 unspecified atom stereocenters. The van der Waals surface area contributed by atoms with Gasteiger partial charge in [-0.15, -0.1) is 0 Å². The summed E-state index contributed by atoms with van der Waals surface area (Å²) in [5.74, 6) is -0.334. The molecule has 0 radical (unpaired) electrons. The monoisotopic (exact) mass is 533 g/mol. The molecule has 5 aromatic rings. The number of carbonyl (C=O) groups excluding carboxylic acids is 2. The van der Waals surface area contributed by atoms with Crippen molar-refractivity contribution in [3.05, 3.63) is 103 Å². The summed E-state index contributed by atoms with van der Waals surface area (Å²) < 4.78 is 7.02. The molecule has 0 spiro atoms. The number of amides is 1.